The number of aryl methyl sites for hydroxylation is 1. The van der Waals surface area contributed by atoms with E-state index in [2.05, 4.69) is 23.4 Å². The van der Waals surface area contributed by atoms with Gasteiger partial charge in [0.2, 0.25) is 0 Å². The molecule has 0 saturated carbocycles. The monoisotopic (exact) mass is 253 g/mol. The Hall–Kier alpha value is -0.870. The molecule has 1 heterocycles. The molecule has 2 rings (SSSR count). The Bertz CT molecular complexity index is 389. The van der Waals surface area contributed by atoms with Crippen molar-refractivity contribution in [3.05, 3.63) is 21.9 Å². The number of nitrogens with zero attached hydrogens (tertiary/aromatic N) is 1. The zero-order chi connectivity index (χ0) is 12.3. The van der Waals surface area contributed by atoms with Crippen LogP contribution in [-0.2, 0) is 11.2 Å². The van der Waals surface area contributed by atoms with E-state index in [1.807, 2.05) is 11.3 Å². The quantitative estimate of drug-likeness (QED) is 0.877. The summed E-state index contributed by atoms with van der Waals surface area (Å²) in [6, 6.07) is 2.73. The molecule has 0 spiro atoms. The fourth-order valence-corrected chi connectivity index (χ4v) is 3.54. The second kappa shape index (κ2) is 5.65. The van der Waals surface area contributed by atoms with E-state index in [-0.39, 0.29) is 6.42 Å². The summed E-state index contributed by atoms with van der Waals surface area (Å²) in [4.78, 5) is 14.3. The molecule has 1 unspecified atom stereocenters. The van der Waals surface area contributed by atoms with Crippen molar-refractivity contribution in [1.29, 1.82) is 0 Å². The van der Waals surface area contributed by atoms with Crippen LogP contribution in [0.5, 0.6) is 0 Å². The lowest BCUT2D eigenvalue weighted by Crippen LogP contribution is -2.28. The molecule has 94 valence electrons. The van der Waals surface area contributed by atoms with Gasteiger partial charge in [-0.3, -0.25) is 9.69 Å². The van der Waals surface area contributed by atoms with Gasteiger partial charge < -0.3 is 5.11 Å². The van der Waals surface area contributed by atoms with Gasteiger partial charge in [0.15, 0.2) is 0 Å². The second-order valence-electron chi connectivity index (χ2n) is 4.69. The number of fused-ring (bicyclic) bond motifs is 1. The molecule has 0 bridgehead atoms. The maximum Gasteiger partial charge on any atom is 0.303 e. The van der Waals surface area contributed by atoms with Crippen LogP contribution in [0.25, 0.3) is 0 Å². The van der Waals surface area contributed by atoms with E-state index >= 15 is 0 Å². The highest BCUT2D eigenvalue weighted by atomic mass is 32.1. The van der Waals surface area contributed by atoms with Crippen molar-refractivity contribution in [2.45, 2.75) is 38.1 Å². The van der Waals surface area contributed by atoms with E-state index in [0.29, 0.717) is 6.04 Å². The van der Waals surface area contributed by atoms with Crippen LogP contribution < -0.4 is 0 Å². The van der Waals surface area contributed by atoms with Crippen LogP contribution >= 0.6 is 11.3 Å². The summed E-state index contributed by atoms with van der Waals surface area (Å²) in [7, 11) is 2.11. The van der Waals surface area contributed by atoms with E-state index < -0.39 is 5.97 Å². The van der Waals surface area contributed by atoms with Gasteiger partial charge in [-0.05, 0) is 56.3 Å². The first-order valence-corrected chi connectivity index (χ1v) is 7.04. The normalized spacial score (nSPS) is 19.3. The van der Waals surface area contributed by atoms with Gasteiger partial charge in [-0.25, -0.2) is 0 Å². The number of carbonyl (C=O) groups is 1. The Morgan fingerprint density at radius 1 is 1.65 bits per heavy atom. The van der Waals surface area contributed by atoms with Crippen LogP contribution in [0.1, 0.15) is 42.2 Å². The topological polar surface area (TPSA) is 40.5 Å². The number of carboxylic acid groups (broad SMARTS) is 1. The Balaban J connectivity index is 1.92. The number of carboxylic acids is 1. The van der Waals surface area contributed by atoms with Gasteiger partial charge in [-0.2, -0.15) is 0 Å². The van der Waals surface area contributed by atoms with Gasteiger partial charge in [0.25, 0.3) is 0 Å². The van der Waals surface area contributed by atoms with E-state index in [0.717, 1.165) is 13.0 Å². The molecule has 0 aliphatic heterocycles. The lowest BCUT2D eigenvalue weighted by molar-refractivity contribution is -0.137. The average molecular weight is 253 g/mol. The molecule has 1 aliphatic rings. The molecule has 0 radical (unpaired) electrons. The highest BCUT2D eigenvalue weighted by Gasteiger charge is 2.24. The largest absolute Gasteiger partial charge is 0.481 e. The van der Waals surface area contributed by atoms with Crippen molar-refractivity contribution >= 4 is 17.3 Å². The SMILES string of the molecule is CN(CCCC(=O)O)C1CCCc2sccc21. The molecule has 1 aliphatic carbocycles. The predicted molar refractivity (Wildman–Crippen MR) is 69.5 cm³/mol. The van der Waals surface area contributed by atoms with Crippen molar-refractivity contribution in [1.82, 2.24) is 4.90 Å². The van der Waals surface area contributed by atoms with Gasteiger partial charge in [-0.1, -0.05) is 0 Å². The first-order valence-electron chi connectivity index (χ1n) is 6.17. The average Bonchev–Trinajstić information content (AvgIpc) is 2.75. The molecule has 0 amide bonds. The summed E-state index contributed by atoms with van der Waals surface area (Å²) in [6.07, 6.45) is 4.68. The van der Waals surface area contributed by atoms with E-state index in [1.165, 1.54) is 29.7 Å². The molecule has 0 aromatic carbocycles. The van der Waals surface area contributed by atoms with E-state index in [9.17, 15) is 4.79 Å². The van der Waals surface area contributed by atoms with Crippen LogP contribution in [0, 0.1) is 0 Å². The van der Waals surface area contributed by atoms with Crippen LogP contribution in [0.2, 0.25) is 0 Å². The Morgan fingerprint density at radius 3 is 3.24 bits per heavy atom. The Morgan fingerprint density at radius 2 is 2.47 bits per heavy atom. The van der Waals surface area contributed by atoms with Gasteiger partial charge in [-0.15, -0.1) is 11.3 Å². The van der Waals surface area contributed by atoms with Crippen LogP contribution in [-0.4, -0.2) is 29.6 Å². The zero-order valence-corrected chi connectivity index (χ0v) is 11.0. The van der Waals surface area contributed by atoms with Crippen LogP contribution in [0.4, 0.5) is 0 Å². The van der Waals surface area contributed by atoms with E-state index in [1.54, 1.807) is 0 Å². The highest BCUT2D eigenvalue weighted by molar-refractivity contribution is 7.10. The maximum absolute atomic E-state index is 10.5. The molecule has 0 saturated heterocycles. The van der Waals surface area contributed by atoms with Gasteiger partial charge in [0.05, 0.1) is 0 Å². The lowest BCUT2D eigenvalue weighted by atomic mass is 9.93. The molecule has 1 aromatic rings. The summed E-state index contributed by atoms with van der Waals surface area (Å²) < 4.78 is 0. The molecule has 0 fully saturated rings. The van der Waals surface area contributed by atoms with Crippen molar-refractivity contribution in [2.75, 3.05) is 13.6 Å². The minimum atomic E-state index is -0.696. The summed E-state index contributed by atoms with van der Waals surface area (Å²) in [5.41, 5.74) is 1.47. The van der Waals surface area contributed by atoms with Gasteiger partial charge >= 0.3 is 5.97 Å². The minimum absolute atomic E-state index is 0.271. The van der Waals surface area contributed by atoms with Crippen molar-refractivity contribution in [3.8, 4) is 0 Å². The number of rotatable bonds is 5. The molecule has 3 nitrogen and oxygen atoms in total. The summed E-state index contributed by atoms with van der Waals surface area (Å²) in [5.74, 6) is -0.696. The molecule has 4 heteroatoms. The molecule has 17 heavy (non-hydrogen) atoms. The van der Waals surface area contributed by atoms with Crippen LogP contribution in [0.3, 0.4) is 0 Å². The summed E-state index contributed by atoms with van der Waals surface area (Å²) >= 11 is 1.85. The fraction of sp³-hybridized carbons (Fsp3) is 0.615. The lowest BCUT2D eigenvalue weighted by Gasteiger charge is -2.31. The van der Waals surface area contributed by atoms with Crippen molar-refractivity contribution in [3.63, 3.8) is 0 Å². The maximum atomic E-state index is 10.5. The van der Waals surface area contributed by atoms with Gasteiger partial charge in [0, 0.05) is 17.3 Å². The highest BCUT2D eigenvalue weighted by Crippen LogP contribution is 2.36. The van der Waals surface area contributed by atoms with Gasteiger partial charge in [0.1, 0.15) is 0 Å². The second-order valence-corrected chi connectivity index (χ2v) is 5.69. The molecular weight excluding hydrogens is 234 g/mol. The van der Waals surface area contributed by atoms with Crippen LogP contribution in [0.15, 0.2) is 11.4 Å². The zero-order valence-electron chi connectivity index (χ0n) is 10.2. The molecular formula is C13H19NO2S. The number of aliphatic carboxylic acids is 1. The molecule has 1 aromatic heterocycles. The molecule has 1 N–H and O–H groups in total. The molecule has 1 atom stereocenters. The third-order valence-corrected chi connectivity index (χ3v) is 4.45. The third-order valence-electron chi connectivity index (χ3n) is 3.45. The number of hydrogen-bond acceptors (Lipinski definition) is 3. The first-order chi connectivity index (χ1) is 8.18. The summed E-state index contributed by atoms with van der Waals surface area (Å²) in [5, 5.41) is 10.8. The first kappa shape index (κ1) is 12.6. The van der Waals surface area contributed by atoms with Crippen molar-refractivity contribution < 1.29 is 9.90 Å². The fourth-order valence-electron chi connectivity index (χ4n) is 2.56. The van der Waals surface area contributed by atoms with Crippen molar-refractivity contribution in [2.24, 2.45) is 0 Å². The Kier molecular flexibility index (Phi) is 4.18. The number of thiophene rings is 1. The summed E-state index contributed by atoms with van der Waals surface area (Å²) in [6.45, 7) is 0.867. The third kappa shape index (κ3) is 3.07. The minimum Gasteiger partial charge on any atom is -0.481 e. The Labute approximate surface area is 106 Å². The standard InChI is InChI=1S/C13H19NO2S/c1-14(8-3-6-13(15)16)11-4-2-5-12-10(11)7-9-17-12/h7,9,11H,2-6,8H2,1H3,(H,15,16). The smallest absolute Gasteiger partial charge is 0.303 e. The number of hydrogen-bond donors (Lipinski definition) is 1. The predicted octanol–water partition coefficient (Wildman–Crippen LogP) is 2.92. The van der Waals surface area contributed by atoms with E-state index in [4.69, 9.17) is 5.11 Å².